The standard InChI is InChI=1S/C15H13ClN2O2/c16-14(18-20)12-6-8-13(9-7-12)15(19)17-10-11-4-2-1-3-5-11/h1-9,20H,10H2,(H,17,19). The number of benzene rings is 2. The lowest BCUT2D eigenvalue weighted by molar-refractivity contribution is 0.0951. The summed E-state index contributed by atoms with van der Waals surface area (Å²) < 4.78 is 0. The van der Waals surface area contributed by atoms with E-state index in [1.54, 1.807) is 24.3 Å². The molecule has 0 spiro atoms. The first-order valence-corrected chi connectivity index (χ1v) is 6.38. The number of carbonyl (C=O) groups excluding carboxylic acids is 1. The quantitative estimate of drug-likeness (QED) is 0.516. The SMILES string of the molecule is O=C(NCc1ccccc1)c1ccc(C(Cl)=NO)cc1. The van der Waals surface area contributed by atoms with Gasteiger partial charge in [-0.3, -0.25) is 4.79 Å². The molecule has 0 radical (unpaired) electrons. The smallest absolute Gasteiger partial charge is 0.251 e. The highest BCUT2D eigenvalue weighted by Gasteiger charge is 2.06. The van der Waals surface area contributed by atoms with Crippen LogP contribution in [-0.4, -0.2) is 16.3 Å². The van der Waals surface area contributed by atoms with Crippen LogP contribution in [0.25, 0.3) is 0 Å². The van der Waals surface area contributed by atoms with Crippen LogP contribution in [0.5, 0.6) is 0 Å². The Labute approximate surface area is 121 Å². The zero-order chi connectivity index (χ0) is 14.4. The predicted octanol–water partition coefficient (Wildman–Crippen LogP) is 2.99. The van der Waals surface area contributed by atoms with Crippen LogP contribution in [0.1, 0.15) is 21.5 Å². The van der Waals surface area contributed by atoms with Crippen LogP contribution in [0.4, 0.5) is 0 Å². The zero-order valence-corrected chi connectivity index (χ0v) is 11.3. The molecule has 0 saturated heterocycles. The molecule has 0 aliphatic heterocycles. The number of amides is 1. The molecule has 1 amide bonds. The van der Waals surface area contributed by atoms with E-state index in [9.17, 15) is 4.79 Å². The number of nitrogens with one attached hydrogen (secondary N) is 1. The van der Waals surface area contributed by atoms with Gasteiger partial charge in [0.25, 0.3) is 5.91 Å². The Balaban J connectivity index is 1.99. The molecule has 0 atom stereocenters. The fourth-order valence-corrected chi connectivity index (χ4v) is 1.82. The maximum absolute atomic E-state index is 11.9. The van der Waals surface area contributed by atoms with Crippen molar-refractivity contribution in [1.29, 1.82) is 0 Å². The van der Waals surface area contributed by atoms with Crippen molar-refractivity contribution < 1.29 is 10.0 Å². The zero-order valence-electron chi connectivity index (χ0n) is 10.6. The largest absolute Gasteiger partial charge is 0.410 e. The van der Waals surface area contributed by atoms with Crippen molar-refractivity contribution in [2.45, 2.75) is 6.54 Å². The number of rotatable bonds is 4. The molecule has 2 aromatic carbocycles. The van der Waals surface area contributed by atoms with Gasteiger partial charge in [-0.25, -0.2) is 0 Å². The molecule has 2 aromatic rings. The van der Waals surface area contributed by atoms with E-state index >= 15 is 0 Å². The molecule has 0 aliphatic rings. The molecule has 0 saturated carbocycles. The highest BCUT2D eigenvalue weighted by atomic mass is 35.5. The van der Waals surface area contributed by atoms with Crippen molar-refractivity contribution in [3.63, 3.8) is 0 Å². The number of hydrogen-bond donors (Lipinski definition) is 2. The van der Waals surface area contributed by atoms with Crippen LogP contribution in [0.2, 0.25) is 0 Å². The first kappa shape index (κ1) is 14.1. The number of nitrogens with zero attached hydrogens (tertiary/aromatic N) is 1. The second-order valence-corrected chi connectivity index (χ2v) is 4.49. The highest BCUT2D eigenvalue weighted by Crippen LogP contribution is 2.08. The van der Waals surface area contributed by atoms with Gasteiger partial charge in [0.15, 0.2) is 5.17 Å². The molecule has 4 nitrogen and oxygen atoms in total. The van der Waals surface area contributed by atoms with Crippen molar-refractivity contribution in [2.24, 2.45) is 5.16 Å². The van der Waals surface area contributed by atoms with Crippen molar-refractivity contribution in [2.75, 3.05) is 0 Å². The Kier molecular flexibility index (Phi) is 4.74. The number of hydrogen-bond acceptors (Lipinski definition) is 3. The normalized spacial score (nSPS) is 11.2. The van der Waals surface area contributed by atoms with Crippen molar-refractivity contribution in [1.82, 2.24) is 5.32 Å². The van der Waals surface area contributed by atoms with Gasteiger partial charge in [0, 0.05) is 17.7 Å². The predicted molar refractivity (Wildman–Crippen MR) is 78.2 cm³/mol. The maximum atomic E-state index is 11.9. The van der Waals surface area contributed by atoms with E-state index in [4.69, 9.17) is 16.8 Å². The minimum absolute atomic E-state index is 0.0127. The van der Waals surface area contributed by atoms with Gasteiger partial charge in [0.2, 0.25) is 0 Å². The van der Waals surface area contributed by atoms with Gasteiger partial charge in [-0.15, -0.1) is 0 Å². The van der Waals surface area contributed by atoms with Gasteiger partial charge in [-0.1, -0.05) is 59.2 Å². The third kappa shape index (κ3) is 3.59. The van der Waals surface area contributed by atoms with Gasteiger partial charge in [0.1, 0.15) is 0 Å². The van der Waals surface area contributed by atoms with Crippen LogP contribution >= 0.6 is 11.6 Å². The summed E-state index contributed by atoms with van der Waals surface area (Å²) in [7, 11) is 0. The summed E-state index contributed by atoms with van der Waals surface area (Å²) in [5.41, 5.74) is 2.11. The van der Waals surface area contributed by atoms with E-state index in [1.165, 1.54) is 0 Å². The van der Waals surface area contributed by atoms with Crippen LogP contribution in [0.3, 0.4) is 0 Å². The lowest BCUT2D eigenvalue weighted by Crippen LogP contribution is -2.22. The molecule has 0 aromatic heterocycles. The third-order valence-corrected chi connectivity index (χ3v) is 3.06. The summed E-state index contributed by atoms with van der Waals surface area (Å²) in [5, 5.41) is 14.3. The van der Waals surface area contributed by atoms with E-state index in [0.29, 0.717) is 17.7 Å². The second kappa shape index (κ2) is 6.73. The lowest BCUT2D eigenvalue weighted by atomic mass is 10.1. The Hall–Kier alpha value is -2.33. The maximum Gasteiger partial charge on any atom is 0.251 e. The van der Waals surface area contributed by atoms with Gasteiger partial charge >= 0.3 is 0 Å². The fraction of sp³-hybridized carbons (Fsp3) is 0.0667. The van der Waals surface area contributed by atoms with Crippen LogP contribution < -0.4 is 5.32 Å². The van der Waals surface area contributed by atoms with Crippen molar-refractivity contribution >= 4 is 22.7 Å². The van der Waals surface area contributed by atoms with Crippen LogP contribution in [0.15, 0.2) is 59.8 Å². The van der Waals surface area contributed by atoms with Crippen LogP contribution in [-0.2, 0) is 6.54 Å². The lowest BCUT2D eigenvalue weighted by Gasteiger charge is -2.06. The summed E-state index contributed by atoms with van der Waals surface area (Å²) in [5.74, 6) is -0.169. The highest BCUT2D eigenvalue weighted by molar-refractivity contribution is 6.69. The van der Waals surface area contributed by atoms with Crippen LogP contribution in [0, 0.1) is 0 Å². The third-order valence-electron chi connectivity index (χ3n) is 2.77. The fourth-order valence-electron chi connectivity index (χ4n) is 1.70. The van der Waals surface area contributed by atoms with Gasteiger partial charge < -0.3 is 10.5 Å². The molecule has 2 N–H and O–H groups in total. The Bertz CT molecular complexity index is 610. The summed E-state index contributed by atoms with van der Waals surface area (Å²) in [6.07, 6.45) is 0. The Morgan fingerprint density at radius 2 is 1.65 bits per heavy atom. The first-order chi connectivity index (χ1) is 9.70. The number of oxime groups is 1. The summed E-state index contributed by atoms with van der Waals surface area (Å²) >= 11 is 5.66. The average Bonchev–Trinajstić information content (AvgIpc) is 2.53. The molecule has 0 heterocycles. The molecule has 2 rings (SSSR count). The molecule has 102 valence electrons. The van der Waals surface area contributed by atoms with E-state index in [1.807, 2.05) is 30.3 Å². The van der Waals surface area contributed by atoms with Gasteiger partial charge in [-0.2, -0.15) is 0 Å². The van der Waals surface area contributed by atoms with Gasteiger partial charge in [0.05, 0.1) is 0 Å². The van der Waals surface area contributed by atoms with Crippen molar-refractivity contribution in [3.8, 4) is 0 Å². The van der Waals surface area contributed by atoms with Crippen molar-refractivity contribution in [3.05, 3.63) is 71.3 Å². The van der Waals surface area contributed by atoms with E-state index < -0.39 is 0 Å². The molecule has 0 aliphatic carbocycles. The Morgan fingerprint density at radius 3 is 2.25 bits per heavy atom. The second-order valence-electron chi connectivity index (χ2n) is 4.14. The number of halogens is 1. The minimum Gasteiger partial charge on any atom is -0.410 e. The molecule has 0 unspecified atom stereocenters. The summed E-state index contributed by atoms with van der Waals surface area (Å²) in [4.78, 5) is 11.9. The molecule has 0 fully saturated rings. The Morgan fingerprint density at radius 1 is 1.05 bits per heavy atom. The van der Waals surface area contributed by atoms with E-state index in [2.05, 4.69) is 10.5 Å². The minimum atomic E-state index is -0.169. The summed E-state index contributed by atoms with van der Waals surface area (Å²) in [6.45, 7) is 0.472. The summed E-state index contributed by atoms with van der Waals surface area (Å²) in [6, 6.07) is 16.2. The monoisotopic (exact) mass is 288 g/mol. The number of carbonyl (C=O) groups is 1. The topological polar surface area (TPSA) is 61.7 Å². The average molecular weight is 289 g/mol. The molecular weight excluding hydrogens is 276 g/mol. The first-order valence-electron chi connectivity index (χ1n) is 6.01. The molecule has 5 heteroatoms. The molecule has 0 bridgehead atoms. The molecule has 20 heavy (non-hydrogen) atoms. The van der Waals surface area contributed by atoms with Gasteiger partial charge in [-0.05, 0) is 17.7 Å². The van der Waals surface area contributed by atoms with E-state index in [0.717, 1.165) is 5.56 Å². The molecular formula is C15H13ClN2O2. The van der Waals surface area contributed by atoms with E-state index in [-0.39, 0.29) is 11.1 Å².